The Hall–Kier alpha value is -3.55. The van der Waals surface area contributed by atoms with Crippen molar-refractivity contribution in [2.24, 2.45) is 4.99 Å². The van der Waals surface area contributed by atoms with E-state index in [1.807, 2.05) is 16.8 Å². The van der Waals surface area contributed by atoms with Crippen molar-refractivity contribution >= 4 is 11.6 Å². The van der Waals surface area contributed by atoms with Crippen LogP contribution in [0.5, 0.6) is 5.75 Å². The first-order valence-corrected chi connectivity index (χ1v) is 11.1. The van der Waals surface area contributed by atoms with E-state index in [4.69, 9.17) is 9.73 Å². The highest BCUT2D eigenvalue weighted by Crippen LogP contribution is 2.28. The van der Waals surface area contributed by atoms with Crippen LogP contribution in [-0.2, 0) is 13.1 Å². The number of guanidine groups is 1. The zero-order valence-corrected chi connectivity index (χ0v) is 18.8. The molecule has 8 nitrogen and oxygen atoms in total. The van der Waals surface area contributed by atoms with Crippen LogP contribution in [0, 0.1) is 0 Å². The van der Waals surface area contributed by atoms with Crippen molar-refractivity contribution in [1.82, 2.24) is 25.0 Å². The summed E-state index contributed by atoms with van der Waals surface area (Å²) in [5.41, 5.74) is 3.53. The van der Waals surface area contributed by atoms with E-state index in [2.05, 4.69) is 68.5 Å². The van der Waals surface area contributed by atoms with Gasteiger partial charge in [0.05, 0.1) is 25.9 Å². The van der Waals surface area contributed by atoms with Crippen molar-refractivity contribution in [2.45, 2.75) is 20.0 Å². The van der Waals surface area contributed by atoms with E-state index in [9.17, 15) is 0 Å². The number of aliphatic imine (C=N–C) groups is 1. The fourth-order valence-electron chi connectivity index (χ4n) is 3.97. The summed E-state index contributed by atoms with van der Waals surface area (Å²) in [6.45, 7) is 7.99. The van der Waals surface area contributed by atoms with Crippen molar-refractivity contribution < 1.29 is 4.74 Å². The second-order valence-electron chi connectivity index (χ2n) is 7.73. The Labute approximate surface area is 189 Å². The van der Waals surface area contributed by atoms with Gasteiger partial charge in [-0.2, -0.15) is 5.10 Å². The summed E-state index contributed by atoms with van der Waals surface area (Å²) < 4.78 is 7.37. The first-order chi connectivity index (χ1) is 15.8. The number of benzene rings is 2. The quantitative estimate of drug-likeness (QED) is 0.456. The molecule has 0 bridgehead atoms. The number of rotatable bonds is 7. The van der Waals surface area contributed by atoms with E-state index in [0.29, 0.717) is 13.1 Å². The summed E-state index contributed by atoms with van der Waals surface area (Å²) in [7, 11) is 1.73. The van der Waals surface area contributed by atoms with Gasteiger partial charge in [0.15, 0.2) is 5.96 Å². The molecular formula is C24H31N7O. The molecule has 0 amide bonds. The molecule has 168 valence electrons. The van der Waals surface area contributed by atoms with Crippen LogP contribution in [0.3, 0.4) is 0 Å². The van der Waals surface area contributed by atoms with Gasteiger partial charge in [0.2, 0.25) is 0 Å². The number of piperazine rings is 1. The van der Waals surface area contributed by atoms with Crippen LogP contribution >= 0.6 is 0 Å². The first kappa shape index (κ1) is 21.7. The molecule has 0 atom stereocenters. The highest BCUT2D eigenvalue weighted by molar-refractivity contribution is 5.80. The lowest BCUT2D eigenvalue weighted by atomic mass is 10.1. The zero-order chi connectivity index (χ0) is 22.2. The molecule has 2 aromatic carbocycles. The number of hydrogen-bond acceptors (Lipinski definition) is 5. The monoisotopic (exact) mass is 433 g/mol. The first-order valence-electron chi connectivity index (χ1n) is 11.1. The SMILES string of the molecule is CCNC(=NCc1cccc(Cn2cncn2)c1)N1CCN(c2ccccc2OC)CC1. The third-order valence-corrected chi connectivity index (χ3v) is 5.55. The molecule has 1 aromatic heterocycles. The molecule has 0 spiro atoms. The fourth-order valence-corrected chi connectivity index (χ4v) is 3.97. The molecule has 0 unspecified atom stereocenters. The average Bonchev–Trinajstić information content (AvgIpc) is 3.35. The number of anilines is 1. The third kappa shape index (κ3) is 5.38. The number of ether oxygens (including phenoxy) is 1. The maximum absolute atomic E-state index is 5.54. The number of hydrogen-bond donors (Lipinski definition) is 1. The second-order valence-corrected chi connectivity index (χ2v) is 7.73. The Morgan fingerprint density at radius 1 is 1.06 bits per heavy atom. The molecule has 1 aliphatic heterocycles. The number of nitrogens with one attached hydrogen (secondary N) is 1. The summed E-state index contributed by atoms with van der Waals surface area (Å²) in [4.78, 5) is 13.7. The van der Waals surface area contributed by atoms with Gasteiger partial charge >= 0.3 is 0 Å². The van der Waals surface area contributed by atoms with E-state index in [-0.39, 0.29) is 0 Å². The van der Waals surface area contributed by atoms with Crippen LogP contribution in [-0.4, -0.2) is 65.5 Å². The molecular weight excluding hydrogens is 402 g/mol. The van der Waals surface area contributed by atoms with Gasteiger partial charge in [-0.1, -0.05) is 36.4 Å². The second kappa shape index (κ2) is 10.7. The third-order valence-electron chi connectivity index (χ3n) is 5.55. The highest BCUT2D eigenvalue weighted by atomic mass is 16.5. The molecule has 0 aliphatic carbocycles. The van der Waals surface area contributed by atoms with Gasteiger partial charge in [-0.05, 0) is 30.2 Å². The molecule has 3 aromatic rings. The van der Waals surface area contributed by atoms with Gasteiger partial charge < -0.3 is 19.9 Å². The molecule has 4 rings (SSSR count). The topological polar surface area (TPSA) is 70.8 Å². The van der Waals surface area contributed by atoms with Crippen molar-refractivity contribution in [3.63, 3.8) is 0 Å². The normalized spacial score (nSPS) is 14.5. The molecule has 8 heteroatoms. The fraction of sp³-hybridized carbons (Fsp3) is 0.375. The summed E-state index contributed by atoms with van der Waals surface area (Å²) in [5.74, 6) is 1.89. The van der Waals surface area contributed by atoms with Crippen LogP contribution in [0.1, 0.15) is 18.1 Å². The largest absolute Gasteiger partial charge is 0.495 e. The van der Waals surface area contributed by atoms with Gasteiger partial charge in [0.25, 0.3) is 0 Å². The van der Waals surface area contributed by atoms with Crippen LogP contribution in [0.2, 0.25) is 0 Å². The van der Waals surface area contributed by atoms with Gasteiger partial charge in [0.1, 0.15) is 18.4 Å². The predicted molar refractivity (Wildman–Crippen MR) is 127 cm³/mol. The van der Waals surface area contributed by atoms with Crippen LogP contribution in [0.25, 0.3) is 0 Å². The molecule has 1 saturated heterocycles. The Morgan fingerprint density at radius 3 is 2.62 bits per heavy atom. The van der Waals surface area contributed by atoms with E-state index in [1.165, 1.54) is 11.1 Å². The Kier molecular flexibility index (Phi) is 7.22. The summed E-state index contributed by atoms with van der Waals surface area (Å²) in [6, 6.07) is 16.7. The van der Waals surface area contributed by atoms with E-state index in [0.717, 1.165) is 50.1 Å². The van der Waals surface area contributed by atoms with Crippen molar-refractivity contribution in [3.8, 4) is 5.75 Å². The Bertz CT molecular complexity index is 1010. The van der Waals surface area contributed by atoms with Gasteiger partial charge in [-0.15, -0.1) is 0 Å². The summed E-state index contributed by atoms with van der Waals surface area (Å²) in [6.07, 6.45) is 3.29. The molecule has 2 heterocycles. The molecule has 1 fully saturated rings. The number of methoxy groups -OCH3 is 1. The standard InChI is InChI=1S/C24H31N7O/c1-3-26-24(27-16-20-7-6-8-21(15-20)17-31-19-25-18-28-31)30-13-11-29(12-14-30)22-9-4-5-10-23(22)32-2/h4-10,15,18-19H,3,11-14,16-17H2,1-2H3,(H,26,27). The summed E-state index contributed by atoms with van der Waals surface area (Å²) in [5, 5.41) is 7.65. The van der Waals surface area contributed by atoms with E-state index >= 15 is 0 Å². The van der Waals surface area contributed by atoms with Gasteiger partial charge in [-0.3, -0.25) is 0 Å². The lowest BCUT2D eigenvalue weighted by molar-refractivity contribution is 0.367. The number of aromatic nitrogens is 3. The minimum atomic E-state index is 0.639. The van der Waals surface area contributed by atoms with Crippen LogP contribution in [0.15, 0.2) is 66.2 Å². The lowest BCUT2D eigenvalue weighted by Crippen LogP contribution is -2.52. The lowest BCUT2D eigenvalue weighted by Gasteiger charge is -2.38. The van der Waals surface area contributed by atoms with Crippen molar-refractivity contribution in [1.29, 1.82) is 0 Å². The summed E-state index contributed by atoms with van der Waals surface area (Å²) >= 11 is 0. The van der Waals surface area contributed by atoms with E-state index < -0.39 is 0 Å². The number of para-hydroxylation sites is 2. The molecule has 0 radical (unpaired) electrons. The zero-order valence-electron chi connectivity index (χ0n) is 18.8. The minimum absolute atomic E-state index is 0.639. The molecule has 1 aliphatic rings. The van der Waals surface area contributed by atoms with Crippen LogP contribution in [0.4, 0.5) is 5.69 Å². The van der Waals surface area contributed by atoms with Gasteiger partial charge in [-0.25, -0.2) is 14.7 Å². The smallest absolute Gasteiger partial charge is 0.194 e. The van der Waals surface area contributed by atoms with Crippen LogP contribution < -0.4 is 15.0 Å². The predicted octanol–water partition coefficient (Wildman–Crippen LogP) is 2.62. The van der Waals surface area contributed by atoms with Gasteiger partial charge in [0, 0.05) is 32.7 Å². The maximum Gasteiger partial charge on any atom is 0.194 e. The average molecular weight is 434 g/mol. The Balaban J connectivity index is 1.39. The Morgan fingerprint density at radius 2 is 1.88 bits per heavy atom. The van der Waals surface area contributed by atoms with Crippen molar-refractivity contribution in [3.05, 3.63) is 72.3 Å². The maximum atomic E-state index is 5.54. The van der Waals surface area contributed by atoms with Crippen molar-refractivity contribution in [2.75, 3.05) is 44.7 Å². The highest BCUT2D eigenvalue weighted by Gasteiger charge is 2.21. The molecule has 32 heavy (non-hydrogen) atoms. The minimum Gasteiger partial charge on any atom is -0.495 e. The molecule has 0 saturated carbocycles. The number of nitrogens with zero attached hydrogens (tertiary/aromatic N) is 6. The van der Waals surface area contributed by atoms with E-state index in [1.54, 1.807) is 19.8 Å². The molecule has 1 N–H and O–H groups in total.